The summed E-state index contributed by atoms with van der Waals surface area (Å²) in [4.78, 5) is 1.92. The molecule has 0 bridgehead atoms. The smallest absolute Gasteiger partial charge is 0.123 e. The molecule has 0 atom stereocenters. The highest BCUT2D eigenvalue weighted by Gasteiger charge is 2.20. The summed E-state index contributed by atoms with van der Waals surface area (Å²) in [5.74, 6) is 0.316. The van der Waals surface area contributed by atoms with Crippen LogP contribution in [-0.2, 0) is 12.0 Å². The fourth-order valence-electron chi connectivity index (χ4n) is 2.12. The van der Waals surface area contributed by atoms with E-state index < -0.39 is 0 Å². The van der Waals surface area contributed by atoms with Gasteiger partial charge in [-0.25, -0.2) is 0 Å². The number of phenolic OH excluding ortho intramolecular Hbond substituents is 1. The number of benzene rings is 1. The first kappa shape index (κ1) is 16.0. The number of aliphatic hydroxyl groups is 2. The molecule has 1 aromatic carbocycles. The van der Waals surface area contributed by atoms with Gasteiger partial charge in [0.25, 0.3) is 0 Å². The van der Waals surface area contributed by atoms with Crippen LogP contribution in [0, 0.1) is 0 Å². The molecule has 3 N–H and O–H groups in total. The van der Waals surface area contributed by atoms with Gasteiger partial charge in [0.05, 0.1) is 13.2 Å². The minimum Gasteiger partial charge on any atom is -0.507 e. The largest absolute Gasteiger partial charge is 0.507 e. The van der Waals surface area contributed by atoms with Gasteiger partial charge in [-0.15, -0.1) is 0 Å². The highest BCUT2D eigenvalue weighted by atomic mass is 16.3. The lowest BCUT2D eigenvalue weighted by Crippen LogP contribution is -2.29. The fourth-order valence-corrected chi connectivity index (χ4v) is 2.12. The van der Waals surface area contributed by atoms with E-state index in [1.54, 1.807) is 0 Å². The minimum absolute atomic E-state index is 0.0414. The van der Waals surface area contributed by atoms with Gasteiger partial charge in [-0.2, -0.15) is 0 Å². The first-order valence-corrected chi connectivity index (χ1v) is 6.65. The number of phenols is 1. The molecule has 0 aromatic heterocycles. The Kier molecular flexibility index (Phi) is 5.79. The van der Waals surface area contributed by atoms with E-state index in [0.717, 1.165) is 11.1 Å². The lowest BCUT2D eigenvalue weighted by atomic mass is 9.85. The zero-order valence-electron chi connectivity index (χ0n) is 12.1. The van der Waals surface area contributed by atoms with E-state index in [9.17, 15) is 5.11 Å². The van der Waals surface area contributed by atoms with Crippen molar-refractivity contribution in [2.75, 3.05) is 26.3 Å². The van der Waals surface area contributed by atoms with E-state index in [4.69, 9.17) is 10.2 Å². The highest BCUT2D eigenvalue weighted by Crippen LogP contribution is 2.33. The normalized spacial score (nSPS) is 12.1. The van der Waals surface area contributed by atoms with Crippen LogP contribution < -0.4 is 0 Å². The second kappa shape index (κ2) is 6.89. The van der Waals surface area contributed by atoms with Gasteiger partial charge < -0.3 is 15.3 Å². The number of rotatable bonds is 6. The molecular formula is C15H25NO3. The van der Waals surface area contributed by atoms with Crippen LogP contribution in [0.4, 0.5) is 0 Å². The summed E-state index contributed by atoms with van der Waals surface area (Å²) in [6.07, 6.45) is 0. The van der Waals surface area contributed by atoms with Gasteiger partial charge in [0.1, 0.15) is 5.75 Å². The monoisotopic (exact) mass is 267 g/mol. The van der Waals surface area contributed by atoms with Crippen LogP contribution in [0.3, 0.4) is 0 Å². The van der Waals surface area contributed by atoms with Crippen LogP contribution in [0.1, 0.15) is 31.9 Å². The van der Waals surface area contributed by atoms with Crippen LogP contribution >= 0.6 is 0 Å². The van der Waals surface area contributed by atoms with E-state index >= 15 is 0 Å². The summed E-state index contributed by atoms with van der Waals surface area (Å²) in [5.41, 5.74) is 1.63. The number of aromatic hydroxyl groups is 1. The predicted octanol–water partition coefficient (Wildman–Crippen LogP) is 1.48. The molecule has 0 spiro atoms. The molecule has 0 unspecified atom stereocenters. The molecule has 0 saturated heterocycles. The maximum Gasteiger partial charge on any atom is 0.123 e. The van der Waals surface area contributed by atoms with Crippen molar-refractivity contribution in [1.82, 2.24) is 4.90 Å². The Morgan fingerprint density at radius 3 is 2.11 bits per heavy atom. The van der Waals surface area contributed by atoms with Crippen molar-refractivity contribution >= 4 is 0 Å². The minimum atomic E-state index is -0.112. The lowest BCUT2D eigenvalue weighted by molar-refractivity contribution is 0.155. The molecule has 4 heteroatoms. The van der Waals surface area contributed by atoms with E-state index in [1.165, 1.54) is 0 Å². The number of aliphatic hydroxyl groups excluding tert-OH is 2. The van der Waals surface area contributed by atoms with Gasteiger partial charge in [-0.05, 0) is 11.0 Å². The lowest BCUT2D eigenvalue weighted by Gasteiger charge is -2.25. The fraction of sp³-hybridized carbons (Fsp3) is 0.600. The molecule has 0 heterocycles. The molecular weight excluding hydrogens is 242 g/mol. The zero-order chi connectivity index (χ0) is 14.5. The molecule has 0 radical (unpaired) electrons. The maximum atomic E-state index is 10.4. The van der Waals surface area contributed by atoms with Crippen molar-refractivity contribution in [2.24, 2.45) is 0 Å². The van der Waals surface area contributed by atoms with Gasteiger partial charge in [-0.3, -0.25) is 4.90 Å². The van der Waals surface area contributed by atoms with Crippen molar-refractivity contribution in [3.8, 4) is 5.75 Å². The van der Waals surface area contributed by atoms with Gasteiger partial charge >= 0.3 is 0 Å². The predicted molar refractivity (Wildman–Crippen MR) is 76.3 cm³/mol. The molecule has 1 aromatic rings. The molecule has 19 heavy (non-hydrogen) atoms. The average Bonchev–Trinajstić information content (AvgIpc) is 2.31. The van der Waals surface area contributed by atoms with Crippen molar-refractivity contribution < 1.29 is 15.3 Å². The summed E-state index contributed by atoms with van der Waals surface area (Å²) in [6, 6.07) is 5.75. The van der Waals surface area contributed by atoms with Crippen LogP contribution in [-0.4, -0.2) is 46.5 Å². The van der Waals surface area contributed by atoms with Crippen LogP contribution in [0.5, 0.6) is 5.75 Å². The quantitative estimate of drug-likeness (QED) is 0.730. The van der Waals surface area contributed by atoms with Crippen LogP contribution in [0.15, 0.2) is 18.2 Å². The van der Waals surface area contributed by atoms with Gasteiger partial charge in [0.2, 0.25) is 0 Å². The Labute approximate surface area is 115 Å². The van der Waals surface area contributed by atoms with Crippen molar-refractivity contribution in [2.45, 2.75) is 32.7 Å². The van der Waals surface area contributed by atoms with Crippen molar-refractivity contribution in [1.29, 1.82) is 0 Å². The van der Waals surface area contributed by atoms with Crippen molar-refractivity contribution in [3.63, 3.8) is 0 Å². The Hall–Kier alpha value is -1.10. The molecule has 0 amide bonds. The summed E-state index contributed by atoms with van der Waals surface area (Å²) in [7, 11) is 0. The number of para-hydroxylation sites is 1. The molecule has 0 saturated carbocycles. The second-order valence-electron chi connectivity index (χ2n) is 5.79. The molecule has 0 fully saturated rings. The first-order chi connectivity index (χ1) is 8.90. The van der Waals surface area contributed by atoms with Crippen molar-refractivity contribution in [3.05, 3.63) is 29.3 Å². The summed E-state index contributed by atoms with van der Waals surface area (Å²) in [6.45, 7) is 7.76. The van der Waals surface area contributed by atoms with E-state index in [0.29, 0.717) is 25.4 Å². The summed E-state index contributed by atoms with van der Waals surface area (Å²) < 4.78 is 0. The van der Waals surface area contributed by atoms with E-state index in [1.807, 2.05) is 23.1 Å². The molecule has 0 aliphatic heterocycles. The average molecular weight is 267 g/mol. The summed E-state index contributed by atoms with van der Waals surface area (Å²) >= 11 is 0. The summed E-state index contributed by atoms with van der Waals surface area (Å²) in [5, 5.41) is 28.4. The second-order valence-corrected chi connectivity index (χ2v) is 5.79. The highest BCUT2D eigenvalue weighted by molar-refractivity contribution is 5.43. The molecule has 4 nitrogen and oxygen atoms in total. The third-order valence-electron chi connectivity index (χ3n) is 3.15. The van der Waals surface area contributed by atoms with Crippen LogP contribution in [0.2, 0.25) is 0 Å². The van der Waals surface area contributed by atoms with Gasteiger partial charge in [-0.1, -0.05) is 39.0 Å². The topological polar surface area (TPSA) is 63.9 Å². The molecule has 0 aliphatic carbocycles. The number of hydrogen-bond acceptors (Lipinski definition) is 4. The Bertz CT molecular complexity index is 393. The number of hydrogen-bond donors (Lipinski definition) is 3. The van der Waals surface area contributed by atoms with E-state index in [2.05, 4.69) is 20.8 Å². The Balaban J connectivity index is 2.94. The Morgan fingerprint density at radius 1 is 1.05 bits per heavy atom. The third-order valence-corrected chi connectivity index (χ3v) is 3.15. The molecule has 1 rings (SSSR count). The first-order valence-electron chi connectivity index (χ1n) is 6.65. The molecule has 108 valence electrons. The van der Waals surface area contributed by atoms with Gasteiger partial charge in [0, 0.05) is 25.2 Å². The SMILES string of the molecule is CC(C)(C)c1cccc(CN(CCO)CCO)c1O. The maximum absolute atomic E-state index is 10.4. The zero-order valence-corrected chi connectivity index (χ0v) is 12.1. The Morgan fingerprint density at radius 2 is 1.63 bits per heavy atom. The standard InChI is InChI=1S/C15H25NO3/c1-15(2,3)13-6-4-5-12(14(13)19)11-16(7-9-17)8-10-18/h4-6,17-19H,7-11H2,1-3H3. The molecule has 0 aliphatic rings. The van der Waals surface area contributed by atoms with Crippen LogP contribution in [0.25, 0.3) is 0 Å². The number of nitrogens with zero attached hydrogens (tertiary/aromatic N) is 1. The van der Waals surface area contributed by atoms with E-state index in [-0.39, 0.29) is 18.6 Å². The third kappa shape index (κ3) is 4.49. The van der Waals surface area contributed by atoms with Gasteiger partial charge in [0.15, 0.2) is 0 Å².